The zero-order valence-electron chi connectivity index (χ0n) is 8.85. The van der Waals surface area contributed by atoms with E-state index >= 15 is 0 Å². The van der Waals surface area contributed by atoms with Crippen molar-refractivity contribution >= 4 is 22.9 Å². The third-order valence-corrected chi connectivity index (χ3v) is 3.50. The summed E-state index contributed by atoms with van der Waals surface area (Å²) in [6.45, 7) is 5.49. The monoisotopic (exact) mass is 231 g/mol. The lowest BCUT2D eigenvalue weighted by Gasteiger charge is -2.15. The minimum atomic E-state index is 0.498. The number of nitrogens with one attached hydrogen (secondary N) is 1. The number of halogens is 1. The number of hydrogen-bond donors (Lipinski definition) is 1. The van der Waals surface area contributed by atoms with E-state index in [0.717, 1.165) is 10.9 Å². The molecule has 0 saturated carbocycles. The van der Waals surface area contributed by atoms with Crippen LogP contribution in [0.4, 0.5) is 0 Å². The molecule has 3 heteroatoms. The van der Waals surface area contributed by atoms with Gasteiger partial charge in [-0.3, -0.25) is 0 Å². The molecule has 0 amide bonds. The molecule has 0 spiro atoms. The van der Waals surface area contributed by atoms with Gasteiger partial charge in [0.2, 0.25) is 0 Å². The molecule has 0 saturated heterocycles. The smallest absolute Gasteiger partial charge is 0.0931 e. The average Bonchev–Trinajstić information content (AvgIpc) is 2.59. The first kappa shape index (κ1) is 12.0. The second-order valence-electron chi connectivity index (χ2n) is 3.44. The summed E-state index contributed by atoms with van der Waals surface area (Å²) in [5.74, 6) is 0. The van der Waals surface area contributed by atoms with Gasteiger partial charge < -0.3 is 5.32 Å². The molecule has 14 heavy (non-hydrogen) atoms. The molecule has 0 aliphatic carbocycles. The predicted octanol–water partition coefficient (Wildman–Crippen LogP) is 4.24. The van der Waals surface area contributed by atoms with Gasteiger partial charge >= 0.3 is 0 Å². The van der Waals surface area contributed by atoms with Gasteiger partial charge in [-0.2, -0.15) is 0 Å². The zero-order chi connectivity index (χ0) is 10.4. The van der Waals surface area contributed by atoms with E-state index < -0.39 is 0 Å². The summed E-state index contributed by atoms with van der Waals surface area (Å²) in [7, 11) is 0. The summed E-state index contributed by atoms with van der Waals surface area (Å²) >= 11 is 7.62. The van der Waals surface area contributed by atoms with Crippen LogP contribution >= 0.6 is 22.9 Å². The van der Waals surface area contributed by atoms with Gasteiger partial charge in [0.25, 0.3) is 0 Å². The van der Waals surface area contributed by atoms with E-state index in [-0.39, 0.29) is 0 Å². The van der Waals surface area contributed by atoms with Gasteiger partial charge in [0.1, 0.15) is 0 Å². The molecule has 1 atom stereocenters. The van der Waals surface area contributed by atoms with Crippen LogP contribution < -0.4 is 5.32 Å². The summed E-state index contributed by atoms with van der Waals surface area (Å²) < 4.78 is 0.888. The summed E-state index contributed by atoms with van der Waals surface area (Å²) in [6, 6.07) is 4.62. The van der Waals surface area contributed by atoms with Crippen molar-refractivity contribution in [3.05, 3.63) is 21.3 Å². The fourth-order valence-corrected chi connectivity index (χ4v) is 2.64. The van der Waals surface area contributed by atoms with Crippen LogP contribution in [0.1, 0.15) is 44.0 Å². The zero-order valence-corrected chi connectivity index (χ0v) is 10.4. The van der Waals surface area contributed by atoms with E-state index in [0.29, 0.717) is 6.04 Å². The molecule has 0 aromatic carbocycles. The molecule has 1 N–H and O–H groups in total. The van der Waals surface area contributed by atoms with Crippen LogP contribution in [-0.4, -0.2) is 6.54 Å². The van der Waals surface area contributed by atoms with Crippen LogP contribution in [0.5, 0.6) is 0 Å². The molecule has 0 radical (unpaired) electrons. The highest BCUT2D eigenvalue weighted by atomic mass is 35.5. The molecule has 0 bridgehead atoms. The molecule has 80 valence electrons. The average molecular weight is 232 g/mol. The number of rotatable bonds is 6. The largest absolute Gasteiger partial charge is 0.309 e. The van der Waals surface area contributed by atoms with Gasteiger partial charge in [-0.15, -0.1) is 11.3 Å². The summed E-state index contributed by atoms with van der Waals surface area (Å²) in [5.41, 5.74) is 0. The highest BCUT2D eigenvalue weighted by Crippen LogP contribution is 2.29. The minimum Gasteiger partial charge on any atom is -0.309 e. The van der Waals surface area contributed by atoms with E-state index in [1.165, 1.54) is 24.1 Å². The van der Waals surface area contributed by atoms with Gasteiger partial charge in [-0.25, -0.2) is 0 Å². The summed E-state index contributed by atoms with van der Waals surface area (Å²) in [5, 5.41) is 3.55. The highest BCUT2D eigenvalue weighted by Gasteiger charge is 2.11. The van der Waals surface area contributed by atoms with Crippen molar-refractivity contribution in [3.8, 4) is 0 Å². The second kappa shape index (κ2) is 6.44. The topological polar surface area (TPSA) is 12.0 Å². The van der Waals surface area contributed by atoms with Crippen LogP contribution in [-0.2, 0) is 0 Å². The first-order valence-electron chi connectivity index (χ1n) is 5.26. The van der Waals surface area contributed by atoms with Gasteiger partial charge in [0, 0.05) is 10.9 Å². The lowest BCUT2D eigenvalue weighted by molar-refractivity contribution is 0.501. The van der Waals surface area contributed by atoms with E-state index in [1.54, 1.807) is 11.3 Å². The molecule has 0 aliphatic rings. The first-order chi connectivity index (χ1) is 6.77. The van der Waals surface area contributed by atoms with Gasteiger partial charge in [-0.1, -0.05) is 31.9 Å². The Balaban J connectivity index is 2.57. The molecule has 1 aromatic rings. The van der Waals surface area contributed by atoms with Crippen LogP contribution in [0, 0.1) is 0 Å². The Morgan fingerprint density at radius 3 is 2.64 bits per heavy atom. The molecule has 0 aliphatic heterocycles. The molecular formula is C11H18ClNS. The van der Waals surface area contributed by atoms with Crippen LogP contribution in [0.15, 0.2) is 12.1 Å². The number of hydrogen-bond acceptors (Lipinski definition) is 2. The fraction of sp³-hybridized carbons (Fsp3) is 0.636. The SMILES string of the molecule is CCCNC(CCC)c1ccc(Cl)s1. The van der Waals surface area contributed by atoms with Crippen molar-refractivity contribution in [2.24, 2.45) is 0 Å². The van der Waals surface area contributed by atoms with Crippen molar-refractivity contribution in [2.75, 3.05) is 6.54 Å². The molecule has 1 unspecified atom stereocenters. The van der Waals surface area contributed by atoms with Gasteiger partial charge in [0.15, 0.2) is 0 Å². The van der Waals surface area contributed by atoms with Crippen molar-refractivity contribution in [1.82, 2.24) is 5.32 Å². The van der Waals surface area contributed by atoms with Crippen LogP contribution in [0.3, 0.4) is 0 Å². The minimum absolute atomic E-state index is 0.498. The number of thiophene rings is 1. The Labute approximate surface area is 95.5 Å². The first-order valence-corrected chi connectivity index (χ1v) is 6.46. The van der Waals surface area contributed by atoms with Gasteiger partial charge in [0.05, 0.1) is 4.34 Å². The molecule has 1 aromatic heterocycles. The summed E-state index contributed by atoms with van der Waals surface area (Å²) in [4.78, 5) is 1.37. The highest BCUT2D eigenvalue weighted by molar-refractivity contribution is 7.16. The Kier molecular flexibility index (Phi) is 5.53. The standard InChI is InChI=1S/C11H18ClNS/c1-3-5-9(13-8-4-2)10-6-7-11(12)14-10/h6-7,9,13H,3-5,8H2,1-2H3. The third-order valence-electron chi connectivity index (χ3n) is 2.16. The van der Waals surface area contributed by atoms with E-state index in [4.69, 9.17) is 11.6 Å². The Morgan fingerprint density at radius 2 is 2.14 bits per heavy atom. The van der Waals surface area contributed by atoms with Crippen LogP contribution in [0.2, 0.25) is 4.34 Å². The van der Waals surface area contributed by atoms with Crippen molar-refractivity contribution in [2.45, 2.75) is 39.2 Å². The lowest BCUT2D eigenvalue weighted by atomic mass is 10.1. The quantitative estimate of drug-likeness (QED) is 0.772. The van der Waals surface area contributed by atoms with E-state index in [2.05, 4.69) is 25.2 Å². The Morgan fingerprint density at radius 1 is 1.36 bits per heavy atom. The maximum atomic E-state index is 5.93. The Bertz CT molecular complexity index is 260. The maximum Gasteiger partial charge on any atom is 0.0931 e. The predicted molar refractivity (Wildman–Crippen MR) is 65.3 cm³/mol. The normalized spacial score (nSPS) is 13.1. The summed E-state index contributed by atoms with van der Waals surface area (Å²) in [6.07, 6.45) is 3.58. The van der Waals surface area contributed by atoms with Gasteiger partial charge in [-0.05, 0) is 31.5 Å². The van der Waals surface area contributed by atoms with Crippen molar-refractivity contribution in [1.29, 1.82) is 0 Å². The molecule has 1 rings (SSSR count). The third kappa shape index (κ3) is 3.60. The molecule has 1 heterocycles. The Hall–Kier alpha value is -0.0500. The van der Waals surface area contributed by atoms with Crippen molar-refractivity contribution in [3.63, 3.8) is 0 Å². The van der Waals surface area contributed by atoms with E-state index in [1.807, 2.05) is 6.07 Å². The molecular weight excluding hydrogens is 214 g/mol. The maximum absolute atomic E-state index is 5.93. The van der Waals surface area contributed by atoms with Crippen LogP contribution in [0.25, 0.3) is 0 Å². The molecule has 1 nitrogen and oxygen atoms in total. The van der Waals surface area contributed by atoms with Crippen molar-refractivity contribution < 1.29 is 0 Å². The lowest BCUT2D eigenvalue weighted by Crippen LogP contribution is -2.21. The molecule has 0 fully saturated rings. The second-order valence-corrected chi connectivity index (χ2v) is 5.18. The fourth-order valence-electron chi connectivity index (χ4n) is 1.47. The van der Waals surface area contributed by atoms with E-state index in [9.17, 15) is 0 Å².